The van der Waals surface area contributed by atoms with Crippen molar-refractivity contribution in [2.75, 3.05) is 0 Å². The van der Waals surface area contributed by atoms with Gasteiger partial charge < -0.3 is 9.73 Å². The molecule has 4 nitrogen and oxygen atoms in total. The van der Waals surface area contributed by atoms with Gasteiger partial charge in [-0.15, -0.1) is 0 Å². The van der Waals surface area contributed by atoms with Gasteiger partial charge in [0.1, 0.15) is 11.5 Å². The number of pyridine rings is 1. The van der Waals surface area contributed by atoms with Crippen molar-refractivity contribution >= 4 is 12.0 Å². The van der Waals surface area contributed by atoms with Gasteiger partial charge in [0.2, 0.25) is 5.91 Å². The molecule has 0 atom stereocenters. The van der Waals surface area contributed by atoms with Gasteiger partial charge >= 0.3 is 0 Å². The summed E-state index contributed by atoms with van der Waals surface area (Å²) in [5.74, 6) is 1.32. The van der Waals surface area contributed by atoms with Crippen LogP contribution < -0.4 is 5.32 Å². The topological polar surface area (TPSA) is 55.1 Å². The van der Waals surface area contributed by atoms with Crippen molar-refractivity contribution in [3.05, 3.63) is 59.3 Å². The standard InChI is InChI=1S/C15H16N2O2/c1-11-4-3-5-13(17-11)10-16-15(18)9-8-14-7-6-12(2)19-14/h3-9H,10H2,1-2H3,(H,16,18)/b9-8+. The second kappa shape index (κ2) is 6.00. The third-order valence-corrected chi connectivity index (χ3v) is 2.55. The monoisotopic (exact) mass is 256 g/mol. The van der Waals surface area contributed by atoms with Gasteiger partial charge in [-0.1, -0.05) is 6.07 Å². The molecule has 2 heterocycles. The molecule has 2 rings (SSSR count). The first kappa shape index (κ1) is 13.1. The SMILES string of the molecule is Cc1cccc(CNC(=O)/C=C/c2ccc(C)o2)n1. The van der Waals surface area contributed by atoms with Gasteiger partial charge in [0, 0.05) is 11.8 Å². The molecule has 0 bridgehead atoms. The van der Waals surface area contributed by atoms with Crippen molar-refractivity contribution in [3.8, 4) is 0 Å². The number of hydrogen-bond donors (Lipinski definition) is 1. The van der Waals surface area contributed by atoms with E-state index in [-0.39, 0.29) is 5.91 Å². The van der Waals surface area contributed by atoms with Crippen molar-refractivity contribution in [1.82, 2.24) is 10.3 Å². The van der Waals surface area contributed by atoms with Crippen molar-refractivity contribution in [3.63, 3.8) is 0 Å². The highest BCUT2D eigenvalue weighted by Gasteiger charge is 1.99. The molecule has 0 saturated heterocycles. The minimum atomic E-state index is -0.169. The second-order valence-electron chi connectivity index (χ2n) is 4.27. The first-order chi connectivity index (χ1) is 9.13. The molecule has 2 aromatic heterocycles. The van der Waals surface area contributed by atoms with Gasteiger partial charge in [-0.3, -0.25) is 9.78 Å². The Bertz CT molecular complexity index is 600. The second-order valence-corrected chi connectivity index (χ2v) is 4.27. The third kappa shape index (κ3) is 4.10. The van der Waals surface area contributed by atoms with E-state index in [9.17, 15) is 4.79 Å². The van der Waals surface area contributed by atoms with Crippen LogP contribution in [0.5, 0.6) is 0 Å². The number of aryl methyl sites for hydroxylation is 2. The van der Waals surface area contributed by atoms with Gasteiger partial charge in [-0.2, -0.15) is 0 Å². The highest BCUT2D eigenvalue weighted by Crippen LogP contribution is 2.07. The predicted molar refractivity (Wildman–Crippen MR) is 73.3 cm³/mol. The van der Waals surface area contributed by atoms with Crippen molar-refractivity contribution in [2.24, 2.45) is 0 Å². The van der Waals surface area contributed by atoms with Crippen LogP contribution in [-0.2, 0) is 11.3 Å². The van der Waals surface area contributed by atoms with E-state index in [1.807, 2.05) is 44.2 Å². The Hall–Kier alpha value is -2.36. The summed E-state index contributed by atoms with van der Waals surface area (Å²) in [5, 5.41) is 2.77. The Balaban J connectivity index is 1.86. The highest BCUT2D eigenvalue weighted by atomic mass is 16.3. The molecule has 0 aromatic carbocycles. The van der Waals surface area contributed by atoms with Crippen molar-refractivity contribution < 1.29 is 9.21 Å². The smallest absolute Gasteiger partial charge is 0.244 e. The molecule has 19 heavy (non-hydrogen) atoms. The van der Waals surface area contributed by atoms with E-state index in [4.69, 9.17) is 4.42 Å². The number of nitrogens with one attached hydrogen (secondary N) is 1. The van der Waals surface area contributed by atoms with Crippen LogP contribution in [0.2, 0.25) is 0 Å². The van der Waals surface area contributed by atoms with Crippen LogP contribution in [0.25, 0.3) is 6.08 Å². The van der Waals surface area contributed by atoms with Crippen LogP contribution in [0.1, 0.15) is 22.9 Å². The lowest BCUT2D eigenvalue weighted by molar-refractivity contribution is -0.116. The normalized spacial score (nSPS) is 10.8. The molecule has 0 aliphatic carbocycles. The van der Waals surface area contributed by atoms with E-state index < -0.39 is 0 Å². The lowest BCUT2D eigenvalue weighted by Gasteiger charge is -2.02. The summed E-state index contributed by atoms with van der Waals surface area (Å²) >= 11 is 0. The first-order valence-corrected chi connectivity index (χ1v) is 6.08. The highest BCUT2D eigenvalue weighted by molar-refractivity contribution is 5.91. The Labute approximate surface area is 112 Å². The van der Waals surface area contributed by atoms with Crippen LogP contribution in [0.15, 0.2) is 40.8 Å². The molecule has 4 heteroatoms. The number of furan rings is 1. The number of carbonyl (C=O) groups excluding carboxylic acids is 1. The third-order valence-electron chi connectivity index (χ3n) is 2.55. The fourth-order valence-corrected chi connectivity index (χ4v) is 1.64. The van der Waals surface area contributed by atoms with E-state index in [0.717, 1.165) is 17.1 Å². The average Bonchev–Trinajstić information content (AvgIpc) is 2.80. The molecule has 0 aliphatic rings. The van der Waals surface area contributed by atoms with E-state index in [1.54, 1.807) is 6.08 Å². The summed E-state index contributed by atoms with van der Waals surface area (Å²) in [6.45, 7) is 4.20. The zero-order valence-electron chi connectivity index (χ0n) is 11.0. The number of carbonyl (C=O) groups is 1. The molecular weight excluding hydrogens is 240 g/mol. The summed E-state index contributed by atoms with van der Waals surface area (Å²) in [6.07, 6.45) is 3.10. The zero-order chi connectivity index (χ0) is 13.7. The van der Waals surface area contributed by atoms with E-state index in [1.165, 1.54) is 6.08 Å². The fraction of sp³-hybridized carbons (Fsp3) is 0.200. The lowest BCUT2D eigenvalue weighted by atomic mass is 10.3. The summed E-state index contributed by atoms with van der Waals surface area (Å²) in [4.78, 5) is 15.9. The number of aromatic nitrogens is 1. The molecule has 0 spiro atoms. The quantitative estimate of drug-likeness (QED) is 0.855. The average molecular weight is 256 g/mol. The van der Waals surface area contributed by atoms with Gasteiger partial charge in [-0.25, -0.2) is 0 Å². The predicted octanol–water partition coefficient (Wildman–Crippen LogP) is 2.62. The molecule has 0 radical (unpaired) electrons. The number of rotatable bonds is 4. The maximum atomic E-state index is 11.6. The molecule has 0 aliphatic heterocycles. The largest absolute Gasteiger partial charge is 0.462 e. The van der Waals surface area contributed by atoms with E-state index in [2.05, 4.69) is 10.3 Å². The number of amides is 1. The maximum absolute atomic E-state index is 11.6. The molecule has 98 valence electrons. The summed E-state index contributed by atoms with van der Waals surface area (Å²) in [6, 6.07) is 9.40. The molecule has 2 aromatic rings. The van der Waals surface area contributed by atoms with E-state index >= 15 is 0 Å². The van der Waals surface area contributed by atoms with Crippen LogP contribution in [0.3, 0.4) is 0 Å². The van der Waals surface area contributed by atoms with Crippen LogP contribution >= 0.6 is 0 Å². The Morgan fingerprint density at radius 2 is 2.16 bits per heavy atom. The molecule has 0 unspecified atom stereocenters. The number of nitrogens with zero attached hydrogens (tertiary/aromatic N) is 1. The van der Waals surface area contributed by atoms with Gasteiger partial charge in [-0.05, 0) is 44.2 Å². The Kier molecular flexibility index (Phi) is 4.13. The van der Waals surface area contributed by atoms with Crippen molar-refractivity contribution in [1.29, 1.82) is 0 Å². The Morgan fingerprint density at radius 3 is 2.84 bits per heavy atom. The summed E-state index contributed by atoms with van der Waals surface area (Å²) < 4.78 is 5.33. The van der Waals surface area contributed by atoms with E-state index in [0.29, 0.717) is 12.3 Å². The molecular formula is C15H16N2O2. The minimum Gasteiger partial charge on any atom is -0.462 e. The summed E-state index contributed by atoms with van der Waals surface area (Å²) in [5.41, 5.74) is 1.78. The zero-order valence-corrected chi connectivity index (χ0v) is 11.0. The van der Waals surface area contributed by atoms with Crippen LogP contribution in [-0.4, -0.2) is 10.9 Å². The maximum Gasteiger partial charge on any atom is 0.244 e. The fourth-order valence-electron chi connectivity index (χ4n) is 1.64. The van der Waals surface area contributed by atoms with Crippen LogP contribution in [0.4, 0.5) is 0 Å². The molecule has 0 saturated carbocycles. The van der Waals surface area contributed by atoms with Gasteiger partial charge in [0.05, 0.1) is 12.2 Å². The first-order valence-electron chi connectivity index (χ1n) is 6.08. The van der Waals surface area contributed by atoms with Crippen LogP contribution in [0, 0.1) is 13.8 Å². The molecule has 1 N–H and O–H groups in total. The van der Waals surface area contributed by atoms with Gasteiger partial charge in [0.15, 0.2) is 0 Å². The Morgan fingerprint density at radius 1 is 1.32 bits per heavy atom. The number of hydrogen-bond acceptors (Lipinski definition) is 3. The molecule has 0 fully saturated rings. The van der Waals surface area contributed by atoms with Crippen molar-refractivity contribution in [2.45, 2.75) is 20.4 Å². The minimum absolute atomic E-state index is 0.169. The lowest BCUT2D eigenvalue weighted by Crippen LogP contribution is -2.20. The van der Waals surface area contributed by atoms with Gasteiger partial charge in [0.25, 0.3) is 0 Å². The molecule has 1 amide bonds. The summed E-state index contributed by atoms with van der Waals surface area (Å²) in [7, 11) is 0.